The minimum absolute atomic E-state index is 0.0112. The van der Waals surface area contributed by atoms with Crippen molar-refractivity contribution in [2.75, 3.05) is 6.61 Å². The third-order valence-electron chi connectivity index (χ3n) is 4.39. The number of nitrogens with one attached hydrogen (secondary N) is 1. The molecule has 1 aromatic heterocycles. The summed E-state index contributed by atoms with van der Waals surface area (Å²) < 4.78 is 28.6. The molecule has 2 N–H and O–H groups in total. The molecular formula is C21H19F2N3O3. The van der Waals surface area contributed by atoms with Crippen LogP contribution in [0.3, 0.4) is 0 Å². The Hall–Kier alpha value is -3.39. The summed E-state index contributed by atoms with van der Waals surface area (Å²) in [4.78, 5) is 24.7. The average Bonchev–Trinajstić information content (AvgIpc) is 2.74. The quantitative estimate of drug-likeness (QED) is 0.668. The summed E-state index contributed by atoms with van der Waals surface area (Å²) >= 11 is 0. The predicted octanol–water partition coefficient (Wildman–Crippen LogP) is 2.81. The maximum Gasteiger partial charge on any atom is 0.295 e. The topological polar surface area (TPSA) is 84.2 Å². The highest BCUT2D eigenvalue weighted by atomic mass is 19.3. The fourth-order valence-electron chi connectivity index (χ4n) is 2.77. The second-order valence-corrected chi connectivity index (χ2v) is 6.49. The van der Waals surface area contributed by atoms with Gasteiger partial charge in [0.05, 0.1) is 11.7 Å². The summed E-state index contributed by atoms with van der Waals surface area (Å²) in [5.74, 6) is -3.92. The van der Waals surface area contributed by atoms with E-state index in [2.05, 4.69) is 10.4 Å². The maximum atomic E-state index is 13.7. The number of aliphatic hydroxyl groups excluding tert-OH is 1. The second-order valence-electron chi connectivity index (χ2n) is 6.49. The number of amides is 1. The van der Waals surface area contributed by atoms with Gasteiger partial charge in [0.25, 0.3) is 17.4 Å². The molecule has 0 fully saturated rings. The van der Waals surface area contributed by atoms with Crippen LogP contribution in [-0.4, -0.2) is 27.4 Å². The first-order chi connectivity index (χ1) is 13.8. The molecule has 0 aliphatic heterocycles. The minimum Gasteiger partial charge on any atom is -0.390 e. The van der Waals surface area contributed by atoms with Gasteiger partial charge in [-0.1, -0.05) is 36.4 Å². The van der Waals surface area contributed by atoms with Crippen molar-refractivity contribution in [3.8, 4) is 5.69 Å². The lowest BCUT2D eigenvalue weighted by molar-refractivity contribution is -0.0556. The number of hydrogen-bond acceptors (Lipinski definition) is 4. The molecule has 150 valence electrons. The van der Waals surface area contributed by atoms with E-state index in [-0.39, 0.29) is 16.8 Å². The lowest BCUT2D eigenvalue weighted by Crippen LogP contribution is -2.31. The third-order valence-corrected chi connectivity index (χ3v) is 4.39. The van der Waals surface area contributed by atoms with E-state index in [9.17, 15) is 18.4 Å². The number of halogens is 2. The molecule has 3 rings (SSSR count). The average molecular weight is 399 g/mol. The van der Waals surface area contributed by atoms with Crippen LogP contribution in [0, 0.1) is 0 Å². The number of benzene rings is 2. The Morgan fingerprint density at radius 1 is 1.14 bits per heavy atom. The fraction of sp³-hybridized carbons (Fsp3) is 0.190. The number of rotatable bonds is 6. The lowest BCUT2D eigenvalue weighted by Gasteiger charge is -2.18. The Morgan fingerprint density at radius 2 is 1.86 bits per heavy atom. The third kappa shape index (κ3) is 4.55. The first-order valence-corrected chi connectivity index (χ1v) is 8.87. The number of para-hydroxylation sites is 1. The van der Waals surface area contributed by atoms with Crippen LogP contribution >= 0.6 is 0 Å². The molecule has 0 saturated heterocycles. The Labute approximate surface area is 165 Å². The zero-order valence-electron chi connectivity index (χ0n) is 15.5. The summed E-state index contributed by atoms with van der Waals surface area (Å²) in [6, 6.07) is 16.1. The highest BCUT2D eigenvalue weighted by Crippen LogP contribution is 2.29. The Bertz CT molecular complexity index is 1070. The number of hydrogen-bond donors (Lipinski definition) is 2. The zero-order valence-corrected chi connectivity index (χ0v) is 15.5. The number of carbonyl (C=O) groups is 1. The molecule has 0 saturated carbocycles. The highest BCUT2D eigenvalue weighted by molar-refractivity contribution is 5.92. The van der Waals surface area contributed by atoms with Gasteiger partial charge in [0.15, 0.2) is 0 Å². The smallest absolute Gasteiger partial charge is 0.295 e. The molecule has 0 aliphatic rings. The number of carbonyl (C=O) groups excluding carboxylic acids is 1. The first-order valence-electron chi connectivity index (χ1n) is 8.87. The maximum absolute atomic E-state index is 13.7. The zero-order chi connectivity index (χ0) is 21.0. The largest absolute Gasteiger partial charge is 0.390 e. The summed E-state index contributed by atoms with van der Waals surface area (Å²) in [6.45, 7) is 0.337. The van der Waals surface area contributed by atoms with Gasteiger partial charge >= 0.3 is 0 Å². The number of alkyl halides is 2. The molecule has 8 heteroatoms. The van der Waals surface area contributed by atoms with Crippen molar-refractivity contribution in [3.05, 3.63) is 93.9 Å². The van der Waals surface area contributed by atoms with Crippen molar-refractivity contribution in [1.82, 2.24) is 15.1 Å². The van der Waals surface area contributed by atoms with Gasteiger partial charge in [-0.25, -0.2) is 0 Å². The highest BCUT2D eigenvalue weighted by Gasteiger charge is 2.30. The van der Waals surface area contributed by atoms with Crippen LogP contribution in [0.4, 0.5) is 8.78 Å². The SMILES string of the molecule is C[C@@H](NC(=O)c1ccc(=O)n(-c2ccccc2)n1)c1cccc(C(F)(F)CO)c1. The second kappa shape index (κ2) is 8.32. The monoisotopic (exact) mass is 399 g/mol. The van der Waals surface area contributed by atoms with Crippen LogP contribution in [0.5, 0.6) is 0 Å². The Kier molecular flexibility index (Phi) is 5.84. The van der Waals surface area contributed by atoms with Gasteiger partial charge in [0, 0.05) is 11.6 Å². The molecular weight excluding hydrogens is 380 g/mol. The minimum atomic E-state index is -3.37. The van der Waals surface area contributed by atoms with Gasteiger partial charge in [-0.3, -0.25) is 9.59 Å². The summed E-state index contributed by atoms with van der Waals surface area (Å²) in [5.41, 5.74) is 0.241. The van der Waals surface area contributed by atoms with Crippen molar-refractivity contribution in [2.45, 2.75) is 18.9 Å². The van der Waals surface area contributed by atoms with E-state index in [0.29, 0.717) is 11.3 Å². The molecule has 1 amide bonds. The molecule has 0 spiro atoms. The van der Waals surface area contributed by atoms with Crippen molar-refractivity contribution in [2.24, 2.45) is 0 Å². The van der Waals surface area contributed by atoms with Crippen LogP contribution in [0.25, 0.3) is 5.69 Å². The molecule has 3 aromatic rings. The fourth-order valence-corrected chi connectivity index (χ4v) is 2.77. The first kappa shape index (κ1) is 20.3. The van der Waals surface area contributed by atoms with Crippen LogP contribution in [0.2, 0.25) is 0 Å². The van der Waals surface area contributed by atoms with Crippen molar-refractivity contribution in [1.29, 1.82) is 0 Å². The van der Waals surface area contributed by atoms with E-state index < -0.39 is 24.5 Å². The van der Waals surface area contributed by atoms with Crippen molar-refractivity contribution in [3.63, 3.8) is 0 Å². The van der Waals surface area contributed by atoms with Gasteiger partial charge in [0.2, 0.25) is 0 Å². The van der Waals surface area contributed by atoms with E-state index in [1.807, 2.05) is 0 Å². The van der Waals surface area contributed by atoms with E-state index >= 15 is 0 Å². The summed E-state index contributed by atoms with van der Waals surface area (Å²) in [6.07, 6.45) is 0. The standard InChI is InChI=1S/C21H19F2N3O3/c1-14(15-6-5-7-16(12-15)21(22,23)13-27)24-20(29)18-10-11-19(28)26(25-18)17-8-3-2-4-9-17/h2-12,14,27H,13H2,1H3,(H,24,29)/t14-/m1/s1. The van der Waals surface area contributed by atoms with E-state index in [0.717, 1.165) is 4.68 Å². The van der Waals surface area contributed by atoms with Crippen LogP contribution in [0.1, 0.15) is 34.6 Å². The summed E-state index contributed by atoms with van der Waals surface area (Å²) in [5, 5.41) is 15.6. The molecule has 0 radical (unpaired) electrons. The molecule has 0 aliphatic carbocycles. The van der Waals surface area contributed by atoms with Gasteiger partial charge < -0.3 is 10.4 Å². The number of aliphatic hydroxyl groups is 1. The van der Waals surface area contributed by atoms with Crippen LogP contribution in [-0.2, 0) is 5.92 Å². The van der Waals surface area contributed by atoms with Gasteiger partial charge in [-0.15, -0.1) is 0 Å². The van der Waals surface area contributed by atoms with E-state index in [4.69, 9.17) is 5.11 Å². The molecule has 29 heavy (non-hydrogen) atoms. The van der Waals surface area contributed by atoms with E-state index in [1.54, 1.807) is 43.3 Å². The normalized spacial score (nSPS) is 12.4. The Morgan fingerprint density at radius 3 is 2.55 bits per heavy atom. The lowest BCUT2D eigenvalue weighted by atomic mass is 10.0. The number of nitrogens with zero attached hydrogens (tertiary/aromatic N) is 2. The Balaban J connectivity index is 1.82. The molecule has 0 bridgehead atoms. The van der Waals surface area contributed by atoms with E-state index in [1.165, 1.54) is 30.3 Å². The molecule has 6 nitrogen and oxygen atoms in total. The van der Waals surface area contributed by atoms with Crippen LogP contribution in [0.15, 0.2) is 71.5 Å². The molecule has 1 atom stereocenters. The van der Waals surface area contributed by atoms with Gasteiger partial charge in [0.1, 0.15) is 12.3 Å². The molecule has 2 aromatic carbocycles. The molecule has 1 heterocycles. The van der Waals surface area contributed by atoms with Gasteiger partial charge in [-0.05, 0) is 36.8 Å². The van der Waals surface area contributed by atoms with Crippen molar-refractivity contribution >= 4 is 5.91 Å². The summed E-state index contributed by atoms with van der Waals surface area (Å²) in [7, 11) is 0. The predicted molar refractivity (Wildman–Crippen MR) is 103 cm³/mol. The molecule has 0 unspecified atom stereocenters. The number of aromatic nitrogens is 2. The van der Waals surface area contributed by atoms with Crippen molar-refractivity contribution < 1.29 is 18.7 Å². The van der Waals surface area contributed by atoms with Crippen LogP contribution < -0.4 is 10.9 Å². The van der Waals surface area contributed by atoms with Gasteiger partial charge in [-0.2, -0.15) is 18.6 Å².